The Kier molecular flexibility index (Phi) is 10.2. The van der Waals surface area contributed by atoms with Crippen LogP contribution in [0.4, 0.5) is 5.69 Å². The van der Waals surface area contributed by atoms with Crippen LogP contribution in [0.25, 0.3) is 0 Å². The highest BCUT2D eigenvalue weighted by molar-refractivity contribution is 5.88. The van der Waals surface area contributed by atoms with Crippen LogP contribution in [0.3, 0.4) is 0 Å². The van der Waals surface area contributed by atoms with E-state index in [0.717, 1.165) is 23.1 Å². The number of nitrogens with one attached hydrogen (secondary N) is 1. The first-order valence-corrected chi connectivity index (χ1v) is 12.4. The Bertz CT molecular complexity index is 1250. The van der Waals surface area contributed by atoms with Gasteiger partial charge in [-0.25, -0.2) is 0 Å². The summed E-state index contributed by atoms with van der Waals surface area (Å²) in [5.41, 5.74) is 2.64. The van der Waals surface area contributed by atoms with Crippen LogP contribution < -0.4 is 14.8 Å². The molecule has 0 saturated carbocycles. The third kappa shape index (κ3) is 7.80. The van der Waals surface area contributed by atoms with Gasteiger partial charge in [-0.1, -0.05) is 67.1 Å². The fraction of sp³-hybridized carbons (Fsp3) is 0.310. The molecule has 0 unspecified atom stereocenters. The molecule has 200 valence electrons. The average molecular weight is 520 g/mol. The van der Waals surface area contributed by atoms with Gasteiger partial charge < -0.3 is 19.7 Å². The maximum Gasteiger partial charge on any atom is 0.311 e. The maximum atomic E-state index is 13.6. The number of nitro groups is 1. The Morgan fingerprint density at radius 1 is 1.03 bits per heavy atom. The van der Waals surface area contributed by atoms with Crippen molar-refractivity contribution in [3.8, 4) is 11.5 Å². The second kappa shape index (κ2) is 13.8. The molecule has 2 amide bonds. The van der Waals surface area contributed by atoms with Crippen molar-refractivity contribution in [1.82, 2.24) is 10.2 Å². The minimum absolute atomic E-state index is 0.0254. The fourth-order valence-electron chi connectivity index (χ4n) is 4.05. The smallest absolute Gasteiger partial charge is 0.311 e. The molecule has 0 aromatic heterocycles. The molecule has 9 heteroatoms. The second-order valence-corrected chi connectivity index (χ2v) is 8.89. The lowest BCUT2D eigenvalue weighted by molar-refractivity contribution is -0.385. The summed E-state index contributed by atoms with van der Waals surface area (Å²) in [6, 6.07) is 20.6. The molecule has 1 N–H and O–H groups in total. The summed E-state index contributed by atoms with van der Waals surface area (Å²) in [4.78, 5) is 39.1. The highest BCUT2D eigenvalue weighted by Gasteiger charge is 2.30. The Hall–Kier alpha value is -4.40. The predicted molar refractivity (Wildman–Crippen MR) is 144 cm³/mol. The molecule has 3 rings (SSSR count). The number of hydrogen-bond donors (Lipinski definition) is 1. The first kappa shape index (κ1) is 28.2. The van der Waals surface area contributed by atoms with Crippen LogP contribution in [-0.2, 0) is 22.6 Å². The van der Waals surface area contributed by atoms with Gasteiger partial charge in [0.2, 0.25) is 11.7 Å². The van der Waals surface area contributed by atoms with E-state index < -0.39 is 16.9 Å². The van der Waals surface area contributed by atoms with E-state index in [2.05, 4.69) is 5.32 Å². The quantitative estimate of drug-likeness (QED) is 0.264. The molecule has 38 heavy (non-hydrogen) atoms. The van der Waals surface area contributed by atoms with Crippen LogP contribution in [-0.4, -0.2) is 47.9 Å². The lowest BCUT2D eigenvalue weighted by atomic mass is 10.0. The number of carbonyl (C=O) groups is 2. The fourth-order valence-corrected chi connectivity index (χ4v) is 4.05. The topological polar surface area (TPSA) is 111 Å². The van der Waals surface area contributed by atoms with E-state index in [1.54, 1.807) is 0 Å². The van der Waals surface area contributed by atoms with Crippen LogP contribution in [0.15, 0.2) is 72.8 Å². The van der Waals surface area contributed by atoms with E-state index in [-0.39, 0.29) is 36.2 Å². The van der Waals surface area contributed by atoms with Crippen molar-refractivity contribution < 1.29 is 24.0 Å². The molecular formula is C29H33N3O6. The van der Waals surface area contributed by atoms with Gasteiger partial charge in [0.1, 0.15) is 11.8 Å². The van der Waals surface area contributed by atoms with E-state index in [4.69, 9.17) is 9.47 Å². The maximum absolute atomic E-state index is 13.6. The average Bonchev–Trinajstić information content (AvgIpc) is 2.92. The van der Waals surface area contributed by atoms with Gasteiger partial charge in [-0.15, -0.1) is 0 Å². The van der Waals surface area contributed by atoms with Crippen LogP contribution in [0.2, 0.25) is 0 Å². The largest absolute Gasteiger partial charge is 0.490 e. The van der Waals surface area contributed by atoms with Crippen LogP contribution in [0.1, 0.15) is 30.0 Å². The zero-order chi connectivity index (χ0) is 27.5. The molecule has 0 heterocycles. The number of nitrogens with zero attached hydrogens (tertiary/aromatic N) is 2. The Morgan fingerprint density at radius 3 is 2.42 bits per heavy atom. The van der Waals surface area contributed by atoms with Crippen molar-refractivity contribution in [2.45, 2.75) is 39.3 Å². The summed E-state index contributed by atoms with van der Waals surface area (Å²) in [6.45, 7) is 4.28. The van der Waals surface area contributed by atoms with E-state index in [0.29, 0.717) is 13.0 Å². The van der Waals surface area contributed by atoms with Gasteiger partial charge in [-0.3, -0.25) is 19.7 Å². The minimum atomic E-state index is -0.771. The molecule has 9 nitrogen and oxygen atoms in total. The third-order valence-corrected chi connectivity index (χ3v) is 5.97. The number of amides is 2. The number of aryl methyl sites for hydroxylation is 1. The zero-order valence-corrected chi connectivity index (χ0v) is 21.9. The van der Waals surface area contributed by atoms with Crippen LogP contribution in [0.5, 0.6) is 11.5 Å². The summed E-state index contributed by atoms with van der Waals surface area (Å²) >= 11 is 0. The van der Waals surface area contributed by atoms with Crippen molar-refractivity contribution in [2.75, 3.05) is 20.3 Å². The normalized spacial score (nSPS) is 11.3. The van der Waals surface area contributed by atoms with Crippen molar-refractivity contribution in [1.29, 1.82) is 0 Å². The highest BCUT2D eigenvalue weighted by Crippen LogP contribution is 2.30. The Labute approximate surface area is 222 Å². The molecule has 3 aromatic rings. The van der Waals surface area contributed by atoms with Gasteiger partial charge in [0.05, 0.1) is 12.0 Å². The molecule has 0 fully saturated rings. The van der Waals surface area contributed by atoms with E-state index in [1.807, 2.05) is 68.4 Å². The summed E-state index contributed by atoms with van der Waals surface area (Å²) in [6.07, 6.45) is 1.10. The highest BCUT2D eigenvalue weighted by atomic mass is 16.6. The first-order chi connectivity index (χ1) is 18.3. The summed E-state index contributed by atoms with van der Waals surface area (Å²) in [5, 5.41) is 14.1. The van der Waals surface area contributed by atoms with E-state index in [1.165, 1.54) is 30.2 Å². The summed E-state index contributed by atoms with van der Waals surface area (Å²) < 4.78 is 10.8. The number of hydrogen-bond acceptors (Lipinski definition) is 6. The lowest BCUT2D eigenvalue weighted by Crippen LogP contribution is -2.51. The third-order valence-electron chi connectivity index (χ3n) is 5.97. The van der Waals surface area contributed by atoms with E-state index in [9.17, 15) is 19.7 Å². The van der Waals surface area contributed by atoms with Crippen molar-refractivity contribution in [3.63, 3.8) is 0 Å². The van der Waals surface area contributed by atoms with Crippen molar-refractivity contribution in [3.05, 3.63) is 99.6 Å². The number of carbonyl (C=O) groups excluding carboxylic acids is 2. The van der Waals surface area contributed by atoms with Gasteiger partial charge >= 0.3 is 5.69 Å². The molecule has 0 radical (unpaired) electrons. The monoisotopic (exact) mass is 519 g/mol. The van der Waals surface area contributed by atoms with Crippen LogP contribution in [0, 0.1) is 17.0 Å². The molecule has 0 aliphatic rings. The predicted octanol–water partition coefficient (Wildman–Crippen LogP) is 4.46. The number of methoxy groups -OCH3 is 1. The summed E-state index contributed by atoms with van der Waals surface area (Å²) in [7, 11) is 1.32. The molecule has 0 aliphatic carbocycles. The molecular weight excluding hydrogens is 486 g/mol. The van der Waals surface area contributed by atoms with Crippen LogP contribution >= 0.6 is 0 Å². The van der Waals surface area contributed by atoms with Gasteiger partial charge in [-0.05, 0) is 30.5 Å². The van der Waals surface area contributed by atoms with Crippen molar-refractivity contribution in [2.24, 2.45) is 0 Å². The Morgan fingerprint density at radius 2 is 1.76 bits per heavy atom. The molecule has 3 aromatic carbocycles. The molecule has 0 aliphatic heterocycles. The molecule has 0 bridgehead atoms. The number of nitro benzene ring substituents is 1. The zero-order valence-electron chi connectivity index (χ0n) is 21.9. The van der Waals surface area contributed by atoms with Crippen molar-refractivity contribution >= 4 is 17.5 Å². The Balaban J connectivity index is 1.90. The van der Waals surface area contributed by atoms with E-state index >= 15 is 0 Å². The first-order valence-electron chi connectivity index (χ1n) is 12.4. The molecule has 0 spiro atoms. The van der Waals surface area contributed by atoms with Gasteiger partial charge in [0.15, 0.2) is 6.61 Å². The molecule has 0 saturated heterocycles. The molecule has 1 atom stereocenters. The second-order valence-electron chi connectivity index (χ2n) is 8.89. The number of benzene rings is 3. The number of ether oxygens (including phenoxy) is 2. The van der Waals surface area contributed by atoms with Gasteiger partial charge in [0.25, 0.3) is 5.91 Å². The SMILES string of the molecule is CCCNC(=O)[C@@H](Cc1ccccc1)N(Cc1cccc(C)c1)C(=O)COc1ccc([N+](=O)[O-])c(OC)c1. The number of rotatable bonds is 13. The standard InChI is InChI=1S/C29H33N3O6/c1-4-15-30-29(34)26(17-22-10-6-5-7-11-22)31(19-23-12-8-9-21(2)16-23)28(33)20-38-24-13-14-25(32(35)36)27(18-24)37-3/h5-14,16,18,26H,4,15,17,19-20H2,1-3H3,(H,30,34)/t26-/m1/s1. The minimum Gasteiger partial charge on any atom is -0.490 e. The summed E-state index contributed by atoms with van der Waals surface area (Å²) in [5.74, 6) is -0.367. The lowest BCUT2D eigenvalue weighted by Gasteiger charge is -2.31. The van der Waals surface area contributed by atoms with Gasteiger partial charge in [-0.2, -0.15) is 0 Å². The van der Waals surface area contributed by atoms with Gasteiger partial charge in [0, 0.05) is 31.6 Å².